The van der Waals surface area contributed by atoms with Gasteiger partial charge < -0.3 is 4.57 Å². The van der Waals surface area contributed by atoms with Crippen molar-refractivity contribution < 1.29 is 13.2 Å². The average molecular weight is 582 g/mol. The topological polar surface area (TPSA) is 73.2 Å². The van der Waals surface area contributed by atoms with Gasteiger partial charge in [0.25, 0.3) is 0 Å². The molecule has 0 saturated heterocycles. The number of benzene rings is 1. The van der Waals surface area contributed by atoms with Crippen LogP contribution >= 0.6 is 11.3 Å². The molecule has 1 aliphatic carbocycles. The second kappa shape index (κ2) is 10.6. The van der Waals surface area contributed by atoms with Gasteiger partial charge in [-0.1, -0.05) is 18.6 Å². The molecule has 0 aliphatic heterocycles. The molecule has 0 N–H and O–H groups in total. The minimum atomic E-state index is -4.64. The molecule has 0 bridgehead atoms. The summed E-state index contributed by atoms with van der Waals surface area (Å²) in [6, 6.07) is 8.24. The van der Waals surface area contributed by atoms with Crippen LogP contribution in [0.3, 0.4) is 0 Å². The molecule has 41 heavy (non-hydrogen) atoms. The van der Waals surface area contributed by atoms with Gasteiger partial charge in [-0.3, -0.25) is 18.9 Å². The van der Waals surface area contributed by atoms with Gasteiger partial charge in [0.2, 0.25) is 0 Å². The first-order valence-electron chi connectivity index (χ1n) is 13.5. The van der Waals surface area contributed by atoms with E-state index in [1.54, 1.807) is 24.1 Å². The summed E-state index contributed by atoms with van der Waals surface area (Å²) >= 11 is 1.49. The van der Waals surface area contributed by atoms with Crippen LogP contribution in [-0.2, 0) is 19.8 Å². The number of rotatable bonds is 8. The fourth-order valence-corrected chi connectivity index (χ4v) is 6.31. The maximum atomic E-state index is 14.4. The largest absolute Gasteiger partial charge is 0.418 e. The lowest BCUT2D eigenvalue weighted by Gasteiger charge is -2.33. The molecule has 8 nitrogen and oxygen atoms in total. The summed E-state index contributed by atoms with van der Waals surface area (Å²) in [5, 5.41) is 8.42. The lowest BCUT2D eigenvalue weighted by molar-refractivity contribution is -0.136. The quantitative estimate of drug-likeness (QED) is 0.231. The number of imidazole rings is 1. The van der Waals surface area contributed by atoms with Crippen molar-refractivity contribution in [2.45, 2.75) is 50.9 Å². The Hall–Kier alpha value is -3.77. The first kappa shape index (κ1) is 27.4. The molecule has 0 radical (unpaired) electrons. The number of fused-ring (bicyclic) bond motifs is 1. The molecular formula is C29H30F3N7OS. The van der Waals surface area contributed by atoms with Gasteiger partial charge in [-0.15, -0.1) is 21.5 Å². The Bertz CT molecular complexity index is 1730. The third kappa shape index (κ3) is 5.10. The minimum absolute atomic E-state index is 0.0174. The summed E-state index contributed by atoms with van der Waals surface area (Å²) in [5.74, 6) is 1.21. The van der Waals surface area contributed by atoms with E-state index in [4.69, 9.17) is 0 Å². The molecule has 12 heteroatoms. The summed E-state index contributed by atoms with van der Waals surface area (Å²) in [7, 11) is 3.75. The van der Waals surface area contributed by atoms with Crippen molar-refractivity contribution in [3.63, 3.8) is 0 Å². The lowest BCUT2D eigenvalue weighted by Crippen LogP contribution is -2.25. The Morgan fingerprint density at radius 1 is 1.17 bits per heavy atom. The first-order valence-corrected chi connectivity index (χ1v) is 14.4. The maximum absolute atomic E-state index is 14.4. The SMILES string of the molecule is C[C@H](c1cc(C(F)(F)F)c2cn(-c3cccc([C@H](c4nncn4C)C4CCC4)c3)c(=O)n2c1)N(C)Cc1cncs1. The van der Waals surface area contributed by atoms with E-state index in [1.165, 1.54) is 28.3 Å². The predicted molar refractivity (Wildman–Crippen MR) is 150 cm³/mol. The summed E-state index contributed by atoms with van der Waals surface area (Å²) in [6.07, 6.45) is 4.86. The van der Waals surface area contributed by atoms with Gasteiger partial charge in [-0.25, -0.2) is 4.79 Å². The standard InChI is InChI=1S/C29H30F3N7OS/c1-18(36(2)14-23-12-33-17-41-23)21-11-24(29(30,31)32)25-15-38(28(40)39(25)13-21)22-9-5-8-20(10-22)26(19-6-4-7-19)27-35-34-16-37(27)3/h5,8-13,15-19,26H,4,6-7,14H2,1-3H3/t18-,26-/m1/s1. The number of pyridine rings is 1. The van der Waals surface area contributed by atoms with Crippen LogP contribution in [0, 0.1) is 5.92 Å². The molecule has 4 aromatic heterocycles. The molecule has 1 aliphatic rings. The third-order valence-electron chi connectivity index (χ3n) is 8.28. The third-order valence-corrected chi connectivity index (χ3v) is 9.04. The lowest BCUT2D eigenvalue weighted by atomic mass is 9.72. The zero-order valence-corrected chi connectivity index (χ0v) is 23.7. The zero-order valence-electron chi connectivity index (χ0n) is 22.9. The van der Waals surface area contributed by atoms with Gasteiger partial charge >= 0.3 is 11.9 Å². The van der Waals surface area contributed by atoms with Crippen molar-refractivity contribution >= 4 is 16.9 Å². The molecule has 1 saturated carbocycles. The molecule has 0 spiro atoms. The smallest absolute Gasteiger partial charge is 0.320 e. The van der Waals surface area contributed by atoms with Gasteiger partial charge in [-0.05, 0) is 62.1 Å². The highest BCUT2D eigenvalue weighted by Crippen LogP contribution is 2.43. The van der Waals surface area contributed by atoms with E-state index in [1.807, 2.05) is 48.7 Å². The number of aromatic nitrogens is 6. The Morgan fingerprint density at radius 3 is 2.61 bits per heavy atom. The number of thiazole rings is 1. The van der Waals surface area contributed by atoms with E-state index in [0.29, 0.717) is 23.7 Å². The summed E-state index contributed by atoms with van der Waals surface area (Å²) in [4.78, 5) is 20.7. The normalized spacial score (nSPS) is 15.9. The van der Waals surface area contributed by atoms with Gasteiger partial charge in [0.15, 0.2) is 0 Å². The average Bonchev–Trinajstić information content (AvgIpc) is 3.66. The van der Waals surface area contributed by atoms with Gasteiger partial charge in [0.1, 0.15) is 12.2 Å². The van der Waals surface area contributed by atoms with Crippen LogP contribution in [0.25, 0.3) is 11.2 Å². The number of alkyl halides is 3. The van der Waals surface area contributed by atoms with E-state index < -0.39 is 17.4 Å². The molecular weight excluding hydrogens is 551 g/mol. The van der Waals surface area contributed by atoms with Crippen molar-refractivity contribution in [3.8, 4) is 5.69 Å². The number of aryl methyl sites for hydroxylation is 1. The molecule has 4 heterocycles. The van der Waals surface area contributed by atoms with E-state index in [0.717, 1.165) is 46.0 Å². The predicted octanol–water partition coefficient (Wildman–Crippen LogP) is 5.82. The zero-order chi connectivity index (χ0) is 28.9. The van der Waals surface area contributed by atoms with Crippen molar-refractivity contribution in [1.82, 2.24) is 33.6 Å². The molecule has 5 aromatic rings. The number of halogens is 3. The second-order valence-corrected chi connectivity index (χ2v) is 11.8. The molecule has 0 unspecified atom stereocenters. The molecule has 214 valence electrons. The maximum Gasteiger partial charge on any atom is 0.418 e. The monoisotopic (exact) mass is 581 g/mol. The summed E-state index contributed by atoms with van der Waals surface area (Å²) in [5.41, 5.74) is 2.01. The molecule has 6 rings (SSSR count). The first-order chi connectivity index (χ1) is 19.6. The summed E-state index contributed by atoms with van der Waals surface area (Å²) in [6.45, 7) is 2.36. The number of hydrogen-bond donors (Lipinski definition) is 0. The van der Waals surface area contributed by atoms with Gasteiger partial charge in [-0.2, -0.15) is 13.2 Å². The van der Waals surface area contributed by atoms with Crippen LogP contribution in [0.1, 0.15) is 65.5 Å². The van der Waals surface area contributed by atoms with Crippen molar-refractivity contribution in [3.05, 3.63) is 98.6 Å². The van der Waals surface area contributed by atoms with E-state index >= 15 is 0 Å². The highest BCUT2D eigenvalue weighted by molar-refractivity contribution is 7.09. The Morgan fingerprint density at radius 2 is 1.98 bits per heavy atom. The van der Waals surface area contributed by atoms with E-state index in [9.17, 15) is 18.0 Å². The molecule has 1 aromatic carbocycles. The van der Waals surface area contributed by atoms with Crippen LogP contribution in [0.2, 0.25) is 0 Å². The highest BCUT2D eigenvalue weighted by atomic mass is 32.1. The van der Waals surface area contributed by atoms with Crippen molar-refractivity contribution in [1.29, 1.82) is 0 Å². The molecule has 1 fully saturated rings. The van der Waals surface area contributed by atoms with Crippen molar-refractivity contribution in [2.24, 2.45) is 13.0 Å². The second-order valence-electron chi connectivity index (χ2n) is 10.8. The van der Waals surface area contributed by atoms with Gasteiger partial charge in [0.05, 0.1) is 22.3 Å². The molecule has 2 atom stereocenters. The van der Waals surface area contributed by atoms with Crippen LogP contribution in [0.5, 0.6) is 0 Å². The Balaban J connectivity index is 1.43. The minimum Gasteiger partial charge on any atom is -0.320 e. The van der Waals surface area contributed by atoms with Crippen molar-refractivity contribution in [2.75, 3.05) is 7.05 Å². The Labute approximate surface area is 238 Å². The van der Waals surface area contributed by atoms with Crippen LogP contribution in [0.4, 0.5) is 13.2 Å². The summed E-state index contributed by atoms with van der Waals surface area (Å²) < 4.78 is 47.4. The number of nitrogens with zero attached hydrogens (tertiary/aromatic N) is 7. The molecule has 0 amide bonds. The number of hydrogen-bond acceptors (Lipinski definition) is 6. The van der Waals surface area contributed by atoms with Crippen LogP contribution < -0.4 is 5.69 Å². The fraction of sp³-hybridized carbons (Fsp3) is 0.379. The highest BCUT2D eigenvalue weighted by Gasteiger charge is 2.36. The van der Waals surface area contributed by atoms with E-state index in [-0.39, 0.29) is 17.5 Å². The Kier molecular flexibility index (Phi) is 7.06. The van der Waals surface area contributed by atoms with Gasteiger partial charge in [0, 0.05) is 49.0 Å². The van der Waals surface area contributed by atoms with Crippen LogP contribution in [0.15, 0.2) is 65.6 Å². The van der Waals surface area contributed by atoms with Crippen LogP contribution in [-0.4, -0.2) is 40.7 Å². The van der Waals surface area contributed by atoms with E-state index in [2.05, 4.69) is 15.2 Å². The fourth-order valence-electron chi connectivity index (χ4n) is 5.65.